The highest BCUT2D eigenvalue weighted by atomic mass is 19.3. The van der Waals surface area contributed by atoms with Crippen LogP contribution in [0.2, 0.25) is 0 Å². The lowest BCUT2D eigenvalue weighted by atomic mass is 9.93. The van der Waals surface area contributed by atoms with E-state index in [0.29, 0.717) is 25.3 Å². The fraction of sp³-hybridized carbons (Fsp3) is 0.541. The Morgan fingerprint density at radius 2 is 1.51 bits per heavy atom. The number of alkyl halides is 2. The molecule has 264 valence electrons. The van der Waals surface area contributed by atoms with E-state index in [2.05, 4.69) is 16.0 Å². The van der Waals surface area contributed by atoms with Gasteiger partial charge in [-0.3, -0.25) is 19.2 Å². The molecule has 5 rings (SSSR count). The van der Waals surface area contributed by atoms with Gasteiger partial charge in [0.15, 0.2) is 0 Å². The lowest BCUT2D eigenvalue weighted by molar-refractivity contribution is -0.145. The highest BCUT2D eigenvalue weighted by Crippen LogP contribution is 2.65. The van der Waals surface area contributed by atoms with Crippen LogP contribution in [0.15, 0.2) is 54.6 Å². The first kappa shape index (κ1) is 35.9. The average Bonchev–Trinajstić information content (AvgIpc) is 3.38. The van der Waals surface area contributed by atoms with Crippen LogP contribution in [0, 0.1) is 23.2 Å². The van der Waals surface area contributed by atoms with E-state index in [1.54, 1.807) is 51.1 Å². The number of piperidine rings is 1. The van der Waals surface area contributed by atoms with Gasteiger partial charge in [-0.1, -0.05) is 68.4 Å². The van der Waals surface area contributed by atoms with Gasteiger partial charge in [0.25, 0.3) is 5.91 Å². The molecule has 49 heavy (non-hydrogen) atoms. The fourth-order valence-electron chi connectivity index (χ4n) is 7.48. The van der Waals surface area contributed by atoms with E-state index in [1.165, 1.54) is 4.90 Å². The number of carbonyl (C=O) groups excluding carboxylic acids is 5. The molecule has 1 saturated heterocycles. The van der Waals surface area contributed by atoms with Crippen molar-refractivity contribution in [3.8, 4) is 0 Å². The van der Waals surface area contributed by atoms with Crippen LogP contribution in [0.1, 0.15) is 64.7 Å². The summed E-state index contributed by atoms with van der Waals surface area (Å²) < 4.78 is 34.2. The Labute approximate surface area is 285 Å². The molecule has 4 amide bonds. The summed E-state index contributed by atoms with van der Waals surface area (Å²) in [7, 11) is 0. The maximum absolute atomic E-state index is 14.5. The molecule has 5 atom stereocenters. The number of alkyl carbamates (subject to hydrolysis) is 1. The Morgan fingerprint density at radius 3 is 2.08 bits per heavy atom. The number of hydrogen-bond acceptors (Lipinski definition) is 6. The number of hydrogen-bond donors (Lipinski definition) is 3. The molecule has 2 aromatic rings. The van der Waals surface area contributed by atoms with E-state index in [9.17, 15) is 32.8 Å². The van der Waals surface area contributed by atoms with E-state index >= 15 is 0 Å². The monoisotopic (exact) mass is 680 g/mol. The number of ether oxygens (including phenoxy) is 1. The van der Waals surface area contributed by atoms with Gasteiger partial charge in [0.2, 0.25) is 23.5 Å². The van der Waals surface area contributed by atoms with Gasteiger partial charge in [0.05, 0.1) is 0 Å². The second kappa shape index (κ2) is 13.5. The third-order valence-electron chi connectivity index (χ3n) is 9.97. The molecular formula is C37H46F2N4O6. The molecule has 12 heteroatoms. The quantitative estimate of drug-likeness (QED) is 0.305. The number of halogens is 2. The van der Waals surface area contributed by atoms with Crippen molar-refractivity contribution < 1.29 is 37.5 Å². The van der Waals surface area contributed by atoms with Gasteiger partial charge < -0.3 is 25.6 Å². The summed E-state index contributed by atoms with van der Waals surface area (Å²) in [5.74, 6) is -7.69. The second-order valence-electron chi connectivity index (χ2n) is 15.3. The number of nitrogens with zero attached hydrogens (tertiary/aromatic N) is 1. The molecule has 0 radical (unpaired) electrons. The lowest BCUT2D eigenvalue weighted by Crippen LogP contribution is -2.60. The van der Waals surface area contributed by atoms with E-state index < -0.39 is 65.7 Å². The molecule has 1 unspecified atom stereocenters. The van der Waals surface area contributed by atoms with Crippen LogP contribution in [-0.4, -0.2) is 70.7 Å². The van der Waals surface area contributed by atoms with Crippen LogP contribution in [0.5, 0.6) is 0 Å². The van der Waals surface area contributed by atoms with Gasteiger partial charge in [-0.2, -0.15) is 0 Å². The Balaban J connectivity index is 1.38. The zero-order chi connectivity index (χ0) is 35.9. The van der Waals surface area contributed by atoms with Crippen molar-refractivity contribution in [1.29, 1.82) is 0 Å². The minimum Gasteiger partial charge on any atom is -0.444 e. The maximum Gasteiger partial charge on any atom is 0.408 e. The van der Waals surface area contributed by atoms with Crippen molar-refractivity contribution in [3.63, 3.8) is 0 Å². The average molecular weight is 681 g/mol. The number of benzene rings is 2. The number of rotatable bonds is 11. The van der Waals surface area contributed by atoms with Crippen LogP contribution in [0.4, 0.5) is 13.6 Å². The molecular weight excluding hydrogens is 634 g/mol. The van der Waals surface area contributed by atoms with Crippen molar-refractivity contribution in [2.75, 3.05) is 6.54 Å². The molecule has 1 heterocycles. The third-order valence-corrected chi connectivity index (χ3v) is 9.97. The predicted molar refractivity (Wildman–Crippen MR) is 177 cm³/mol. The summed E-state index contributed by atoms with van der Waals surface area (Å²) in [6.45, 7) is 9.89. The molecule has 0 aromatic heterocycles. The Hall–Kier alpha value is -4.35. The summed E-state index contributed by atoms with van der Waals surface area (Å²) in [6.07, 6.45) is -0.834. The van der Waals surface area contributed by atoms with E-state index in [-0.39, 0.29) is 36.3 Å². The largest absolute Gasteiger partial charge is 0.444 e. The smallest absolute Gasteiger partial charge is 0.408 e. The molecule has 1 aliphatic heterocycles. The van der Waals surface area contributed by atoms with E-state index in [1.807, 2.05) is 38.1 Å². The summed E-state index contributed by atoms with van der Waals surface area (Å²) in [5.41, 5.74) is 1.66. The Bertz CT molecular complexity index is 1580. The van der Waals surface area contributed by atoms with E-state index in [4.69, 9.17) is 4.74 Å². The molecule has 10 nitrogen and oxygen atoms in total. The van der Waals surface area contributed by atoms with Crippen LogP contribution >= 0.6 is 0 Å². The van der Waals surface area contributed by atoms with Gasteiger partial charge in [-0.15, -0.1) is 0 Å². The first-order valence-corrected chi connectivity index (χ1v) is 16.8. The highest BCUT2D eigenvalue weighted by molar-refractivity contribution is 6.38. The van der Waals surface area contributed by atoms with Crippen LogP contribution < -0.4 is 16.0 Å². The van der Waals surface area contributed by atoms with Gasteiger partial charge in [-0.25, -0.2) is 13.6 Å². The number of Topliss-reactive ketones (excluding diaryl/α,β-unsaturated/α-hetero) is 1. The molecule has 1 saturated carbocycles. The van der Waals surface area contributed by atoms with Crippen LogP contribution in [0.3, 0.4) is 0 Å². The number of nitrogens with one attached hydrogen (secondary N) is 3. The molecule has 3 aliphatic rings. The van der Waals surface area contributed by atoms with Crippen molar-refractivity contribution in [2.45, 2.75) is 97.0 Å². The molecule has 3 N–H and O–H groups in total. The predicted octanol–water partition coefficient (Wildman–Crippen LogP) is 4.19. The molecule has 0 bridgehead atoms. The van der Waals surface area contributed by atoms with Gasteiger partial charge in [-0.05, 0) is 80.4 Å². The maximum atomic E-state index is 14.5. The van der Waals surface area contributed by atoms with Gasteiger partial charge in [0, 0.05) is 19.5 Å². The third kappa shape index (κ3) is 8.28. The molecule has 2 fully saturated rings. The SMILES string of the molecule is CC(F)(F)CC(NC(=O)[C@@H]1[C@@H]2[C@H](CN1C(=O)[C@@H](NC(=O)OC(C)(C)C)C1Cc3ccccc3C1)C2(C)C)C(=O)C(=O)NCc1ccccc1. The summed E-state index contributed by atoms with van der Waals surface area (Å²) in [6, 6.07) is 12.6. The Morgan fingerprint density at radius 1 is 0.918 bits per heavy atom. The molecule has 2 aliphatic carbocycles. The van der Waals surface area contributed by atoms with Crippen molar-refractivity contribution >= 4 is 29.6 Å². The number of amides is 4. The number of likely N-dealkylation sites (tertiary alicyclic amines) is 1. The molecule has 0 spiro atoms. The van der Waals surface area contributed by atoms with E-state index in [0.717, 1.165) is 11.1 Å². The summed E-state index contributed by atoms with van der Waals surface area (Å²) in [5, 5.41) is 7.66. The zero-order valence-corrected chi connectivity index (χ0v) is 28.8. The fourth-order valence-corrected chi connectivity index (χ4v) is 7.48. The zero-order valence-electron chi connectivity index (χ0n) is 28.8. The minimum atomic E-state index is -3.39. The van der Waals surface area contributed by atoms with Crippen molar-refractivity contribution in [3.05, 3.63) is 71.3 Å². The van der Waals surface area contributed by atoms with Gasteiger partial charge >= 0.3 is 6.09 Å². The van der Waals surface area contributed by atoms with Crippen LogP contribution in [-0.2, 0) is 43.3 Å². The first-order valence-electron chi connectivity index (χ1n) is 16.8. The lowest BCUT2D eigenvalue weighted by Gasteiger charge is -2.35. The summed E-state index contributed by atoms with van der Waals surface area (Å²) in [4.78, 5) is 69.1. The highest BCUT2D eigenvalue weighted by Gasteiger charge is 2.70. The minimum absolute atomic E-state index is 0.00544. The van der Waals surface area contributed by atoms with Crippen LogP contribution in [0.25, 0.3) is 0 Å². The van der Waals surface area contributed by atoms with Crippen molar-refractivity contribution in [1.82, 2.24) is 20.9 Å². The summed E-state index contributed by atoms with van der Waals surface area (Å²) >= 11 is 0. The topological polar surface area (TPSA) is 134 Å². The number of fused-ring (bicyclic) bond motifs is 2. The first-order chi connectivity index (χ1) is 22.9. The van der Waals surface area contributed by atoms with Gasteiger partial charge in [0.1, 0.15) is 23.7 Å². The Kier molecular flexibility index (Phi) is 9.91. The normalized spacial score (nSPS) is 22.3. The van der Waals surface area contributed by atoms with Crippen molar-refractivity contribution in [2.24, 2.45) is 23.2 Å². The number of ketones is 1. The second-order valence-corrected chi connectivity index (χ2v) is 15.3. The number of carbonyl (C=O) groups is 5. The standard InChI is InChI=1S/C37H46F2N4O6/c1-35(2,3)49-34(48)42-28(24-16-22-14-10-11-15-23(22)17-24)33(47)43-20-25-27(36(25,4)5)29(43)31(45)41-26(18-37(6,38)39)30(44)32(46)40-19-21-12-8-7-9-13-21/h7-15,24-29H,16-20H2,1-6H3,(H,40,46)(H,41,45)(H,42,48)/t25-,26?,27-,28-,29-/m0/s1. The molecule has 2 aromatic carbocycles.